The summed E-state index contributed by atoms with van der Waals surface area (Å²) in [6, 6.07) is 0. The van der Waals surface area contributed by atoms with Crippen LogP contribution in [-0.2, 0) is 9.05 Å². The molecule has 0 spiro atoms. The minimum atomic E-state index is -0.567. The van der Waals surface area contributed by atoms with Crippen molar-refractivity contribution in [2.75, 3.05) is 19.4 Å². The Morgan fingerprint density at radius 3 is 1.91 bits per heavy atom. The first-order valence-electron chi connectivity index (χ1n) is 4.38. The van der Waals surface area contributed by atoms with Gasteiger partial charge >= 0.3 is 0 Å². The molecule has 68 valence electrons. The quantitative estimate of drug-likeness (QED) is 0.557. The molecule has 0 N–H and O–H groups in total. The standard InChI is InChI=1S/C8H19O2P/c1-4-7-8-11(9-5-2)10-6-3/h4-8H2,1-3H3. The molecule has 2 nitrogen and oxygen atoms in total. The van der Waals surface area contributed by atoms with E-state index in [-0.39, 0.29) is 0 Å². The molecule has 0 saturated heterocycles. The summed E-state index contributed by atoms with van der Waals surface area (Å²) in [4.78, 5) is 0. The smallest absolute Gasteiger partial charge is 0.170 e. The molecule has 0 rings (SSSR count). The molecule has 0 bridgehead atoms. The van der Waals surface area contributed by atoms with Gasteiger partial charge in [-0.15, -0.1) is 0 Å². The Morgan fingerprint density at radius 2 is 1.55 bits per heavy atom. The summed E-state index contributed by atoms with van der Waals surface area (Å²) in [5, 5.41) is 0. The van der Waals surface area contributed by atoms with Gasteiger partial charge in [0.15, 0.2) is 8.38 Å². The lowest BCUT2D eigenvalue weighted by molar-refractivity contribution is 0.269. The van der Waals surface area contributed by atoms with Crippen LogP contribution >= 0.6 is 8.38 Å². The van der Waals surface area contributed by atoms with Crippen LogP contribution in [-0.4, -0.2) is 19.4 Å². The second kappa shape index (κ2) is 8.45. The average molecular weight is 178 g/mol. The van der Waals surface area contributed by atoms with E-state index in [4.69, 9.17) is 9.05 Å². The predicted molar refractivity (Wildman–Crippen MR) is 49.9 cm³/mol. The molecule has 0 aliphatic heterocycles. The van der Waals surface area contributed by atoms with Crippen LogP contribution in [0.15, 0.2) is 0 Å². The van der Waals surface area contributed by atoms with Crippen molar-refractivity contribution in [3.8, 4) is 0 Å². The third-order valence-electron chi connectivity index (χ3n) is 1.24. The van der Waals surface area contributed by atoms with Crippen LogP contribution in [0.5, 0.6) is 0 Å². The van der Waals surface area contributed by atoms with E-state index in [0.717, 1.165) is 19.4 Å². The zero-order valence-electron chi connectivity index (χ0n) is 7.80. The molecule has 0 saturated carbocycles. The highest BCUT2D eigenvalue weighted by Gasteiger charge is 2.06. The average Bonchev–Trinajstić information content (AvgIpc) is 2.01. The first-order valence-corrected chi connectivity index (χ1v) is 5.74. The van der Waals surface area contributed by atoms with Crippen molar-refractivity contribution >= 4 is 8.38 Å². The Morgan fingerprint density at radius 1 is 1.00 bits per heavy atom. The lowest BCUT2D eigenvalue weighted by Crippen LogP contribution is -1.94. The normalized spacial score (nSPS) is 10.9. The van der Waals surface area contributed by atoms with Crippen LogP contribution in [0.3, 0.4) is 0 Å². The maximum Gasteiger partial charge on any atom is 0.170 e. The maximum absolute atomic E-state index is 5.43. The van der Waals surface area contributed by atoms with Crippen molar-refractivity contribution in [3.63, 3.8) is 0 Å². The minimum absolute atomic E-state index is 0.567. The van der Waals surface area contributed by atoms with E-state index in [1.54, 1.807) is 0 Å². The Hall–Kier alpha value is 0.350. The fourth-order valence-corrected chi connectivity index (χ4v) is 2.22. The van der Waals surface area contributed by atoms with Gasteiger partial charge in [0.25, 0.3) is 0 Å². The third kappa shape index (κ3) is 6.74. The number of hydrogen-bond acceptors (Lipinski definition) is 2. The molecule has 0 fully saturated rings. The van der Waals surface area contributed by atoms with Gasteiger partial charge in [-0.25, -0.2) is 0 Å². The summed E-state index contributed by atoms with van der Waals surface area (Å²) in [7, 11) is -0.567. The van der Waals surface area contributed by atoms with Gasteiger partial charge in [0, 0.05) is 6.16 Å². The molecular weight excluding hydrogens is 159 g/mol. The molecule has 0 aromatic rings. The molecule has 0 atom stereocenters. The van der Waals surface area contributed by atoms with Gasteiger partial charge < -0.3 is 9.05 Å². The van der Waals surface area contributed by atoms with E-state index in [0.29, 0.717) is 0 Å². The van der Waals surface area contributed by atoms with Crippen LogP contribution in [0.4, 0.5) is 0 Å². The summed E-state index contributed by atoms with van der Waals surface area (Å²) >= 11 is 0. The topological polar surface area (TPSA) is 18.5 Å². The highest BCUT2D eigenvalue weighted by Crippen LogP contribution is 2.38. The summed E-state index contributed by atoms with van der Waals surface area (Å²) in [6.07, 6.45) is 3.53. The second-order valence-corrected chi connectivity index (χ2v) is 3.87. The van der Waals surface area contributed by atoms with Gasteiger partial charge in [0.1, 0.15) is 0 Å². The van der Waals surface area contributed by atoms with Crippen molar-refractivity contribution < 1.29 is 9.05 Å². The van der Waals surface area contributed by atoms with E-state index >= 15 is 0 Å². The summed E-state index contributed by atoms with van der Waals surface area (Å²) in [5.41, 5.74) is 0. The Balaban J connectivity index is 3.34. The lowest BCUT2D eigenvalue weighted by atomic mass is 10.4. The second-order valence-electron chi connectivity index (χ2n) is 2.25. The van der Waals surface area contributed by atoms with Gasteiger partial charge in [-0.05, 0) is 20.3 Å². The summed E-state index contributed by atoms with van der Waals surface area (Å²) in [5.74, 6) is 0. The van der Waals surface area contributed by atoms with Crippen LogP contribution < -0.4 is 0 Å². The zero-order valence-corrected chi connectivity index (χ0v) is 8.69. The summed E-state index contributed by atoms with van der Waals surface area (Å²) in [6.45, 7) is 7.76. The third-order valence-corrected chi connectivity index (χ3v) is 3.01. The molecular formula is C8H19O2P. The van der Waals surface area contributed by atoms with Crippen molar-refractivity contribution in [2.24, 2.45) is 0 Å². The fourth-order valence-electron chi connectivity index (χ4n) is 0.742. The Labute approximate surface area is 71.2 Å². The summed E-state index contributed by atoms with van der Waals surface area (Å²) < 4.78 is 10.9. The van der Waals surface area contributed by atoms with Gasteiger partial charge in [0.05, 0.1) is 13.2 Å². The molecule has 11 heavy (non-hydrogen) atoms. The molecule has 0 aromatic heterocycles. The van der Waals surface area contributed by atoms with Crippen LogP contribution in [0.2, 0.25) is 0 Å². The van der Waals surface area contributed by atoms with Gasteiger partial charge in [-0.3, -0.25) is 0 Å². The number of rotatable bonds is 7. The largest absolute Gasteiger partial charge is 0.334 e. The van der Waals surface area contributed by atoms with Crippen molar-refractivity contribution in [2.45, 2.75) is 33.6 Å². The van der Waals surface area contributed by atoms with E-state index in [9.17, 15) is 0 Å². The van der Waals surface area contributed by atoms with Gasteiger partial charge in [-0.1, -0.05) is 13.3 Å². The van der Waals surface area contributed by atoms with E-state index in [1.165, 1.54) is 12.8 Å². The molecule has 0 amide bonds. The highest BCUT2D eigenvalue weighted by molar-refractivity contribution is 7.47. The zero-order chi connectivity index (χ0) is 8.53. The SMILES string of the molecule is CCCCP(OCC)OCC. The van der Waals surface area contributed by atoms with Crippen molar-refractivity contribution in [1.82, 2.24) is 0 Å². The molecule has 0 aliphatic rings. The van der Waals surface area contributed by atoms with Crippen molar-refractivity contribution in [3.05, 3.63) is 0 Å². The van der Waals surface area contributed by atoms with E-state index < -0.39 is 8.38 Å². The minimum Gasteiger partial charge on any atom is -0.334 e. The van der Waals surface area contributed by atoms with Crippen molar-refractivity contribution in [1.29, 1.82) is 0 Å². The van der Waals surface area contributed by atoms with Gasteiger partial charge in [0.2, 0.25) is 0 Å². The molecule has 0 aromatic carbocycles. The van der Waals surface area contributed by atoms with Crippen LogP contribution in [0, 0.1) is 0 Å². The van der Waals surface area contributed by atoms with Gasteiger partial charge in [-0.2, -0.15) is 0 Å². The number of unbranched alkanes of at least 4 members (excludes halogenated alkanes) is 1. The first-order chi connectivity index (χ1) is 5.35. The molecule has 0 radical (unpaired) electrons. The van der Waals surface area contributed by atoms with Crippen LogP contribution in [0.1, 0.15) is 33.6 Å². The maximum atomic E-state index is 5.43. The predicted octanol–water partition coefficient (Wildman–Crippen LogP) is 3.17. The van der Waals surface area contributed by atoms with Crippen LogP contribution in [0.25, 0.3) is 0 Å². The Kier molecular flexibility index (Phi) is 8.72. The van der Waals surface area contributed by atoms with E-state index in [1.807, 2.05) is 13.8 Å². The fraction of sp³-hybridized carbons (Fsp3) is 1.00. The molecule has 0 heterocycles. The van der Waals surface area contributed by atoms with E-state index in [2.05, 4.69) is 6.92 Å². The molecule has 0 unspecified atom stereocenters. The first kappa shape index (κ1) is 11.4. The Bertz CT molecular complexity index is 72.5. The highest BCUT2D eigenvalue weighted by atomic mass is 31.2. The molecule has 3 heteroatoms. The molecule has 0 aliphatic carbocycles. The lowest BCUT2D eigenvalue weighted by Gasteiger charge is -2.14. The monoisotopic (exact) mass is 178 g/mol. The number of hydrogen-bond donors (Lipinski definition) is 0.